The van der Waals surface area contributed by atoms with Crippen molar-refractivity contribution in [2.45, 2.75) is 66.2 Å². The Morgan fingerprint density at radius 1 is 0.667 bits per heavy atom. The van der Waals surface area contributed by atoms with E-state index in [1.54, 1.807) is 0 Å². The van der Waals surface area contributed by atoms with Gasteiger partial charge >= 0.3 is 0 Å². The van der Waals surface area contributed by atoms with Crippen LogP contribution in [0.4, 0.5) is 0 Å². The Morgan fingerprint density at radius 3 is 1.52 bits per heavy atom. The molecule has 3 heteroatoms. The van der Waals surface area contributed by atoms with Crippen molar-refractivity contribution in [3.05, 3.63) is 35.4 Å². The highest BCUT2D eigenvalue weighted by molar-refractivity contribution is 7.25. The van der Waals surface area contributed by atoms with Gasteiger partial charge in [-0.25, -0.2) is 0 Å². The van der Waals surface area contributed by atoms with Crippen molar-refractivity contribution in [1.82, 2.24) is 0 Å². The lowest BCUT2D eigenvalue weighted by Gasteiger charge is -2.10. The molecule has 0 aliphatic heterocycles. The summed E-state index contributed by atoms with van der Waals surface area (Å²) in [7, 11) is 0. The molecule has 0 amide bonds. The van der Waals surface area contributed by atoms with Crippen molar-refractivity contribution in [1.29, 1.82) is 0 Å². The summed E-state index contributed by atoms with van der Waals surface area (Å²) < 4.78 is 14.8. The van der Waals surface area contributed by atoms with Crippen LogP contribution in [0.3, 0.4) is 0 Å². The van der Waals surface area contributed by atoms with Gasteiger partial charge in [0.1, 0.15) is 11.5 Å². The van der Waals surface area contributed by atoms with Gasteiger partial charge in [-0.05, 0) is 62.1 Å². The third-order valence-electron chi connectivity index (χ3n) is 5.08. The summed E-state index contributed by atoms with van der Waals surface area (Å²) >= 11 is 1.86. The third-order valence-corrected chi connectivity index (χ3v) is 6.19. The maximum Gasteiger partial charge on any atom is 0.122 e. The van der Waals surface area contributed by atoms with E-state index in [-0.39, 0.29) is 0 Å². The first kappa shape index (κ1) is 20.0. The van der Waals surface area contributed by atoms with Crippen LogP contribution in [-0.2, 0) is 0 Å². The van der Waals surface area contributed by atoms with Crippen LogP contribution < -0.4 is 9.47 Å². The molecule has 1 aromatic heterocycles. The van der Waals surface area contributed by atoms with Crippen LogP contribution in [0.2, 0.25) is 0 Å². The average Bonchev–Trinajstić information content (AvgIpc) is 2.98. The Balaban J connectivity index is 1.89. The molecule has 0 radical (unpaired) electrons. The second-order valence-corrected chi connectivity index (χ2v) is 8.52. The van der Waals surface area contributed by atoms with Crippen molar-refractivity contribution in [2.75, 3.05) is 13.2 Å². The molecule has 0 aliphatic rings. The first-order valence-electron chi connectivity index (χ1n) is 10.4. The highest BCUT2D eigenvalue weighted by atomic mass is 32.1. The van der Waals surface area contributed by atoms with E-state index in [0.29, 0.717) is 0 Å². The van der Waals surface area contributed by atoms with Crippen LogP contribution in [0.1, 0.15) is 63.5 Å². The summed E-state index contributed by atoms with van der Waals surface area (Å²) in [6.45, 7) is 10.3. The number of aryl methyl sites for hydroxylation is 2. The summed E-state index contributed by atoms with van der Waals surface area (Å²) in [5.41, 5.74) is 2.44. The van der Waals surface area contributed by atoms with Gasteiger partial charge in [0.25, 0.3) is 0 Å². The van der Waals surface area contributed by atoms with Crippen LogP contribution >= 0.6 is 11.3 Å². The fourth-order valence-electron chi connectivity index (χ4n) is 3.41. The monoisotopic (exact) mass is 384 g/mol. The molecule has 0 bridgehead atoms. The van der Waals surface area contributed by atoms with Gasteiger partial charge in [-0.3, -0.25) is 0 Å². The van der Waals surface area contributed by atoms with Gasteiger partial charge in [-0.1, -0.05) is 39.5 Å². The molecule has 3 aromatic rings. The van der Waals surface area contributed by atoms with E-state index in [9.17, 15) is 0 Å². The van der Waals surface area contributed by atoms with E-state index in [1.165, 1.54) is 57.0 Å². The molecule has 1 heterocycles. The molecule has 2 nitrogen and oxygen atoms in total. The number of fused-ring (bicyclic) bond motifs is 3. The highest BCUT2D eigenvalue weighted by Crippen LogP contribution is 2.40. The van der Waals surface area contributed by atoms with Crippen molar-refractivity contribution in [2.24, 2.45) is 0 Å². The smallest absolute Gasteiger partial charge is 0.122 e. The Morgan fingerprint density at radius 2 is 1.11 bits per heavy atom. The van der Waals surface area contributed by atoms with Gasteiger partial charge in [-0.15, -0.1) is 11.3 Å². The van der Waals surface area contributed by atoms with E-state index in [1.807, 2.05) is 11.3 Å². The minimum absolute atomic E-state index is 0.799. The van der Waals surface area contributed by atoms with Gasteiger partial charge in [-0.2, -0.15) is 0 Å². The van der Waals surface area contributed by atoms with E-state index in [2.05, 4.69) is 52.0 Å². The van der Waals surface area contributed by atoms with Crippen LogP contribution in [0.25, 0.3) is 20.2 Å². The molecule has 0 N–H and O–H groups in total. The van der Waals surface area contributed by atoms with Crippen molar-refractivity contribution < 1.29 is 9.47 Å². The third kappa shape index (κ3) is 4.76. The summed E-state index contributed by atoms with van der Waals surface area (Å²) in [5, 5.41) is 2.56. The quantitative estimate of drug-likeness (QED) is 0.332. The largest absolute Gasteiger partial charge is 0.493 e. The molecule has 0 saturated heterocycles. The number of rotatable bonds is 10. The highest BCUT2D eigenvalue weighted by Gasteiger charge is 2.12. The minimum atomic E-state index is 0.799. The number of benzene rings is 2. The van der Waals surface area contributed by atoms with E-state index < -0.39 is 0 Å². The van der Waals surface area contributed by atoms with Crippen molar-refractivity contribution in [3.8, 4) is 11.5 Å². The van der Waals surface area contributed by atoms with Gasteiger partial charge in [0.15, 0.2) is 0 Å². The second kappa shape index (κ2) is 9.45. The Kier molecular flexibility index (Phi) is 7.01. The molecule has 27 heavy (non-hydrogen) atoms. The molecule has 0 fully saturated rings. The molecule has 2 aromatic carbocycles. The van der Waals surface area contributed by atoms with Gasteiger partial charge in [0, 0.05) is 20.2 Å². The molecular weight excluding hydrogens is 352 g/mol. The topological polar surface area (TPSA) is 18.5 Å². The number of unbranched alkanes of at least 4 members (excludes halogenated alkanes) is 4. The summed E-state index contributed by atoms with van der Waals surface area (Å²) in [5.74, 6) is 2.04. The van der Waals surface area contributed by atoms with Crippen LogP contribution in [0, 0.1) is 13.8 Å². The summed E-state index contributed by atoms with van der Waals surface area (Å²) in [6, 6.07) is 9.00. The average molecular weight is 385 g/mol. The fourth-order valence-corrected chi connectivity index (χ4v) is 4.68. The molecule has 0 unspecified atom stereocenters. The molecule has 0 spiro atoms. The predicted molar refractivity (Wildman–Crippen MR) is 119 cm³/mol. The standard InChI is InChI=1S/C24H32O2S/c1-5-7-9-11-25-21-15-19-20-16-22(26-12-10-8-6-2)18(4)14-24(20)27-23(19)13-17(21)3/h13-16H,5-12H2,1-4H3. The second-order valence-electron chi connectivity index (χ2n) is 7.44. The Hall–Kier alpha value is -1.74. The van der Waals surface area contributed by atoms with E-state index >= 15 is 0 Å². The van der Waals surface area contributed by atoms with E-state index in [0.717, 1.165) is 37.6 Å². The zero-order chi connectivity index (χ0) is 19.2. The zero-order valence-corrected chi connectivity index (χ0v) is 18.0. The van der Waals surface area contributed by atoms with Crippen molar-refractivity contribution >= 4 is 31.5 Å². The molecule has 0 aliphatic carbocycles. The maximum absolute atomic E-state index is 6.08. The molecule has 0 atom stereocenters. The van der Waals surface area contributed by atoms with Crippen LogP contribution in [0.15, 0.2) is 24.3 Å². The predicted octanol–water partition coefficient (Wildman–Crippen LogP) is 7.81. The van der Waals surface area contributed by atoms with Crippen molar-refractivity contribution in [3.63, 3.8) is 0 Å². The first-order chi connectivity index (χ1) is 13.1. The summed E-state index contributed by atoms with van der Waals surface area (Å²) in [6.07, 6.45) is 7.12. The molecule has 146 valence electrons. The Bertz CT molecular complexity index is 822. The number of hydrogen-bond acceptors (Lipinski definition) is 3. The minimum Gasteiger partial charge on any atom is -0.493 e. The van der Waals surface area contributed by atoms with Crippen LogP contribution in [-0.4, -0.2) is 13.2 Å². The van der Waals surface area contributed by atoms with Gasteiger partial charge in [0.05, 0.1) is 13.2 Å². The number of thiophene rings is 1. The lowest BCUT2D eigenvalue weighted by molar-refractivity contribution is 0.304. The van der Waals surface area contributed by atoms with E-state index in [4.69, 9.17) is 9.47 Å². The molecule has 3 rings (SSSR count). The molecular formula is C24H32O2S. The number of ether oxygens (including phenoxy) is 2. The fraction of sp³-hybridized carbons (Fsp3) is 0.500. The normalized spacial score (nSPS) is 11.4. The van der Waals surface area contributed by atoms with Crippen LogP contribution in [0.5, 0.6) is 11.5 Å². The lowest BCUT2D eigenvalue weighted by atomic mass is 10.1. The van der Waals surface area contributed by atoms with Gasteiger partial charge in [0.2, 0.25) is 0 Å². The number of hydrogen-bond donors (Lipinski definition) is 0. The first-order valence-corrected chi connectivity index (χ1v) is 11.2. The lowest BCUT2D eigenvalue weighted by Crippen LogP contribution is -1.99. The summed E-state index contributed by atoms with van der Waals surface area (Å²) in [4.78, 5) is 0. The molecule has 0 saturated carbocycles. The van der Waals surface area contributed by atoms with Gasteiger partial charge < -0.3 is 9.47 Å². The maximum atomic E-state index is 6.08. The Labute approximate surface area is 167 Å². The zero-order valence-electron chi connectivity index (χ0n) is 17.2. The SMILES string of the molecule is CCCCCOc1cc2c(cc1C)sc1cc(C)c(OCCCCC)cc12.